The van der Waals surface area contributed by atoms with Crippen molar-refractivity contribution in [2.75, 3.05) is 11.6 Å². The number of anilines is 1. The maximum Gasteiger partial charge on any atom is 0.224 e. The number of rotatable bonds is 6. The third-order valence-corrected chi connectivity index (χ3v) is 4.86. The van der Waals surface area contributed by atoms with Crippen molar-refractivity contribution < 1.29 is 9.21 Å². The molecule has 1 amide bonds. The number of hydrogen-bond donors (Lipinski definition) is 1. The topological polar surface area (TPSA) is 55.1 Å². The highest BCUT2D eigenvalue weighted by atomic mass is 79.9. The second kappa shape index (κ2) is 8.36. The summed E-state index contributed by atoms with van der Waals surface area (Å²) in [4.78, 5) is 17.5. The van der Waals surface area contributed by atoms with E-state index in [-0.39, 0.29) is 5.91 Å². The van der Waals surface area contributed by atoms with E-state index in [1.165, 1.54) is 0 Å². The lowest BCUT2D eigenvalue weighted by Crippen LogP contribution is -2.12. The molecular weight excluding hydrogens is 400 g/mol. The largest absolute Gasteiger partial charge is 0.441 e. The van der Waals surface area contributed by atoms with Gasteiger partial charge in [0.2, 0.25) is 5.91 Å². The average Bonchev–Trinajstić information content (AvgIpc) is 3.10. The molecular formula is C19H17BrN2O2S. The Balaban J connectivity index is 1.56. The van der Waals surface area contributed by atoms with Crippen molar-refractivity contribution in [3.05, 3.63) is 65.1 Å². The predicted octanol–water partition coefficient (Wildman–Crippen LogP) is 5.40. The molecule has 3 aromatic rings. The Morgan fingerprint density at radius 1 is 1.24 bits per heavy atom. The number of hydrogen-bond acceptors (Lipinski definition) is 4. The minimum absolute atomic E-state index is 0.0540. The molecule has 0 bridgehead atoms. The molecule has 1 heterocycles. The van der Waals surface area contributed by atoms with E-state index in [2.05, 4.69) is 26.2 Å². The van der Waals surface area contributed by atoms with Crippen LogP contribution in [0.15, 0.2) is 68.5 Å². The maximum absolute atomic E-state index is 12.1. The van der Waals surface area contributed by atoms with E-state index in [1.807, 2.05) is 54.8 Å². The lowest BCUT2D eigenvalue weighted by atomic mass is 10.2. The summed E-state index contributed by atoms with van der Waals surface area (Å²) in [5, 5.41) is 2.90. The Morgan fingerprint density at radius 2 is 2.04 bits per heavy atom. The molecule has 0 radical (unpaired) electrons. The fourth-order valence-corrected chi connectivity index (χ4v) is 3.04. The molecule has 0 aliphatic carbocycles. The third kappa shape index (κ3) is 4.96. The number of nitrogens with one attached hydrogen (secondary N) is 1. The average molecular weight is 417 g/mol. The molecule has 25 heavy (non-hydrogen) atoms. The molecule has 4 nitrogen and oxygen atoms in total. The predicted molar refractivity (Wildman–Crippen MR) is 105 cm³/mol. The van der Waals surface area contributed by atoms with Gasteiger partial charge in [0.05, 0.1) is 6.20 Å². The van der Waals surface area contributed by atoms with Gasteiger partial charge in [-0.05, 0) is 36.6 Å². The Bertz CT molecular complexity index is 862. The number of benzene rings is 2. The van der Waals surface area contributed by atoms with Gasteiger partial charge < -0.3 is 9.73 Å². The summed E-state index contributed by atoms with van der Waals surface area (Å²) >= 11 is 5.05. The van der Waals surface area contributed by atoms with Crippen LogP contribution in [0.3, 0.4) is 0 Å². The van der Waals surface area contributed by atoms with Gasteiger partial charge in [0.1, 0.15) is 0 Å². The molecule has 0 spiro atoms. The summed E-state index contributed by atoms with van der Waals surface area (Å²) in [7, 11) is 0. The number of thioether (sulfide) groups is 1. The summed E-state index contributed by atoms with van der Waals surface area (Å²) in [6, 6.07) is 15.6. The Morgan fingerprint density at radius 3 is 2.80 bits per heavy atom. The molecule has 0 saturated heterocycles. The smallest absolute Gasteiger partial charge is 0.224 e. The molecule has 0 unspecified atom stereocenters. The van der Waals surface area contributed by atoms with E-state index in [1.54, 1.807) is 18.0 Å². The van der Waals surface area contributed by atoms with Crippen LogP contribution >= 0.6 is 27.7 Å². The molecule has 2 aromatic carbocycles. The van der Waals surface area contributed by atoms with Gasteiger partial charge in [-0.2, -0.15) is 0 Å². The van der Waals surface area contributed by atoms with Crippen LogP contribution in [0.1, 0.15) is 12.3 Å². The molecule has 1 aromatic heterocycles. The maximum atomic E-state index is 12.1. The van der Waals surface area contributed by atoms with Crippen molar-refractivity contribution in [1.29, 1.82) is 0 Å². The minimum Gasteiger partial charge on any atom is -0.441 e. The molecule has 3 rings (SSSR count). The van der Waals surface area contributed by atoms with Crippen molar-refractivity contribution in [3.8, 4) is 11.3 Å². The monoisotopic (exact) mass is 416 g/mol. The standard InChI is InChI=1S/C19H17BrN2O2S/c1-25-16-4-2-3-15(11-16)22-18(23)9-10-19-21-12-17(24-19)13-5-7-14(20)8-6-13/h2-8,11-12H,9-10H2,1H3,(H,22,23). The number of aryl methyl sites for hydroxylation is 1. The normalized spacial score (nSPS) is 10.6. The number of nitrogens with zero attached hydrogens (tertiary/aromatic N) is 1. The number of amides is 1. The molecule has 128 valence electrons. The van der Waals surface area contributed by atoms with Crippen molar-refractivity contribution in [3.63, 3.8) is 0 Å². The van der Waals surface area contributed by atoms with E-state index < -0.39 is 0 Å². The number of halogens is 1. The fourth-order valence-electron chi connectivity index (χ4n) is 2.32. The third-order valence-electron chi connectivity index (χ3n) is 3.60. The fraction of sp³-hybridized carbons (Fsp3) is 0.158. The van der Waals surface area contributed by atoms with Gasteiger partial charge in [-0.25, -0.2) is 4.98 Å². The van der Waals surface area contributed by atoms with Gasteiger partial charge in [-0.3, -0.25) is 4.79 Å². The van der Waals surface area contributed by atoms with Crippen LogP contribution in [0.25, 0.3) is 11.3 Å². The number of aromatic nitrogens is 1. The Hall–Kier alpha value is -2.05. The van der Waals surface area contributed by atoms with Gasteiger partial charge in [-0.15, -0.1) is 11.8 Å². The second-order valence-electron chi connectivity index (χ2n) is 5.41. The summed E-state index contributed by atoms with van der Waals surface area (Å²) in [5.74, 6) is 1.21. The summed E-state index contributed by atoms with van der Waals surface area (Å²) in [5.41, 5.74) is 1.76. The quantitative estimate of drug-likeness (QED) is 0.546. The summed E-state index contributed by atoms with van der Waals surface area (Å²) < 4.78 is 6.75. The molecule has 0 atom stereocenters. The van der Waals surface area contributed by atoms with Gasteiger partial charge in [0.25, 0.3) is 0 Å². The first kappa shape index (κ1) is 17.8. The van der Waals surface area contributed by atoms with Gasteiger partial charge in [0.15, 0.2) is 11.7 Å². The van der Waals surface area contributed by atoms with Crippen LogP contribution < -0.4 is 5.32 Å². The van der Waals surface area contributed by atoms with Crippen LogP contribution in [0, 0.1) is 0 Å². The van der Waals surface area contributed by atoms with Crippen LogP contribution in [-0.4, -0.2) is 17.1 Å². The highest BCUT2D eigenvalue weighted by Gasteiger charge is 2.09. The van der Waals surface area contributed by atoms with E-state index >= 15 is 0 Å². The van der Waals surface area contributed by atoms with Crippen molar-refractivity contribution >= 4 is 39.3 Å². The first-order valence-electron chi connectivity index (χ1n) is 7.78. The molecule has 0 saturated carbocycles. The highest BCUT2D eigenvalue weighted by molar-refractivity contribution is 9.10. The van der Waals surface area contributed by atoms with E-state index in [0.29, 0.717) is 24.5 Å². The van der Waals surface area contributed by atoms with Crippen LogP contribution in [0.2, 0.25) is 0 Å². The zero-order valence-corrected chi connectivity index (χ0v) is 16.1. The van der Waals surface area contributed by atoms with E-state index in [4.69, 9.17) is 4.42 Å². The molecule has 0 fully saturated rings. The molecule has 1 N–H and O–H groups in total. The summed E-state index contributed by atoms with van der Waals surface area (Å²) in [6.07, 6.45) is 4.49. The molecule has 0 aliphatic heterocycles. The molecule has 0 aliphatic rings. The van der Waals surface area contributed by atoms with Crippen LogP contribution in [0.5, 0.6) is 0 Å². The first-order valence-corrected chi connectivity index (χ1v) is 9.80. The summed E-state index contributed by atoms with van der Waals surface area (Å²) in [6.45, 7) is 0. The number of carbonyl (C=O) groups is 1. The Labute approximate surface area is 159 Å². The van der Waals surface area contributed by atoms with E-state index in [0.717, 1.165) is 20.6 Å². The van der Waals surface area contributed by atoms with Gasteiger partial charge >= 0.3 is 0 Å². The van der Waals surface area contributed by atoms with Crippen LogP contribution in [0.4, 0.5) is 5.69 Å². The van der Waals surface area contributed by atoms with Crippen LogP contribution in [-0.2, 0) is 11.2 Å². The zero-order valence-electron chi connectivity index (χ0n) is 13.7. The molecule has 6 heteroatoms. The highest BCUT2D eigenvalue weighted by Crippen LogP contribution is 2.23. The zero-order chi connectivity index (χ0) is 17.6. The van der Waals surface area contributed by atoms with Gasteiger partial charge in [0, 0.05) is 33.5 Å². The van der Waals surface area contributed by atoms with Crippen molar-refractivity contribution in [2.24, 2.45) is 0 Å². The minimum atomic E-state index is -0.0540. The number of oxazole rings is 1. The van der Waals surface area contributed by atoms with Crippen molar-refractivity contribution in [2.45, 2.75) is 17.7 Å². The SMILES string of the molecule is CSc1cccc(NC(=O)CCc2ncc(-c3ccc(Br)cc3)o2)c1. The lowest BCUT2D eigenvalue weighted by Gasteiger charge is -2.05. The Kier molecular flexibility index (Phi) is 5.94. The number of carbonyl (C=O) groups excluding carboxylic acids is 1. The second-order valence-corrected chi connectivity index (χ2v) is 7.20. The van der Waals surface area contributed by atoms with Crippen molar-refractivity contribution in [1.82, 2.24) is 4.98 Å². The van der Waals surface area contributed by atoms with E-state index in [9.17, 15) is 4.79 Å². The lowest BCUT2D eigenvalue weighted by molar-refractivity contribution is -0.116. The van der Waals surface area contributed by atoms with Gasteiger partial charge in [-0.1, -0.05) is 34.1 Å². The first-order chi connectivity index (χ1) is 12.1.